The molecule has 0 saturated carbocycles. The van der Waals surface area contributed by atoms with E-state index in [-0.39, 0.29) is 12.0 Å². The van der Waals surface area contributed by atoms with Crippen LogP contribution in [0.25, 0.3) is 0 Å². The average Bonchev–Trinajstić information content (AvgIpc) is 3.18. The number of morpholine rings is 1. The summed E-state index contributed by atoms with van der Waals surface area (Å²) in [7, 11) is 0. The molecule has 3 rings (SSSR count). The number of amides is 1. The van der Waals surface area contributed by atoms with Crippen molar-refractivity contribution in [1.29, 1.82) is 0 Å². The van der Waals surface area contributed by atoms with E-state index in [9.17, 15) is 4.79 Å². The summed E-state index contributed by atoms with van der Waals surface area (Å²) in [6, 6.07) is 2.32. The molecular weight excluding hydrogens is 318 g/mol. The Balaban J connectivity index is 1.79. The molecular formula is C18H27N5O2. The van der Waals surface area contributed by atoms with Crippen molar-refractivity contribution in [2.75, 3.05) is 19.7 Å². The summed E-state index contributed by atoms with van der Waals surface area (Å²) in [5.74, 6) is 1.52. The van der Waals surface area contributed by atoms with Gasteiger partial charge in [0, 0.05) is 30.4 Å². The maximum Gasteiger partial charge on any atom is 0.255 e. The van der Waals surface area contributed by atoms with Crippen molar-refractivity contribution in [3.05, 3.63) is 34.7 Å². The molecule has 0 aliphatic carbocycles. The lowest BCUT2D eigenvalue weighted by Gasteiger charge is -2.31. The first-order chi connectivity index (χ1) is 11.9. The lowest BCUT2D eigenvalue weighted by Crippen LogP contribution is -2.42. The zero-order valence-corrected chi connectivity index (χ0v) is 15.7. The Morgan fingerprint density at radius 3 is 2.80 bits per heavy atom. The Hall–Kier alpha value is -2.15. The van der Waals surface area contributed by atoms with Crippen molar-refractivity contribution >= 4 is 5.91 Å². The van der Waals surface area contributed by atoms with Gasteiger partial charge in [0.05, 0.1) is 18.7 Å². The number of H-pyrrole nitrogens is 1. The third-order valence-corrected chi connectivity index (χ3v) is 4.76. The van der Waals surface area contributed by atoms with Gasteiger partial charge in [-0.05, 0) is 33.8 Å². The fraction of sp³-hybridized carbons (Fsp3) is 0.611. The van der Waals surface area contributed by atoms with E-state index < -0.39 is 0 Å². The fourth-order valence-electron chi connectivity index (χ4n) is 3.56. The maximum absolute atomic E-state index is 13.1. The number of hydrogen-bond acceptors (Lipinski definition) is 4. The minimum absolute atomic E-state index is 0.0551. The molecule has 1 aliphatic rings. The maximum atomic E-state index is 13.1. The summed E-state index contributed by atoms with van der Waals surface area (Å²) in [6.45, 7) is 11.9. The van der Waals surface area contributed by atoms with E-state index in [1.54, 1.807) is 0 Å². The number of carbonyl (C=O) groups is 1. The van der Waals surface area contributed by atoms with E-state index in [0.29, 0.717) is 31.6 Å². The molecule has 2 aromatic rings. The van der Waals surface area contributed by atoms with Crippen molar-refractivity contribution in [1.82, 2.24) is 24.6 Å². The molecule has 2 aromatic heterocycles. The predicted octanol–water partition coefficient (Wildman–Crippen LogP) is 2.58. The Bertz CT molecular complexity index is 762. The van der Waals surface area contributed by atoms with Gasteiger partial charge in [0.2, 0.25) is 0 Å². The molecule has 0 unspecified atom stereocenters. The Labute approximate surface area is 148 Å². The Kier molecular flexibility index (Phi) is 4.94. The van der Waals surface area contributed by atoms with E-state index in [2.05, 4.69) is 33.6 Å². The van der Waals surface area contributed by atoms with Gasteiger partial charge < -0.3 is 14.2 Å². The zero-order valence-electron chi connectivity index (χ0n) is 15.7. The molecule has 1 aliphatic heterocycles. The second-order valence-corrected chi connectivity index (χ2v) is 6.85. The van der Waals surface area contributed by atoms with Crippen molar-refractivity contribution in [3.63, 3.8) is 0 Å². The van der Waals surface area contributed by atoms with Crippen molar-refractivity contribution in [2.45, 2.75) is 53.2 Å². The molecule has 0 bridgehead atoms. The SMILES string of the molecule is CCc1nc([C@@H]2CN(C(=O)c3cc(C)n(C(C)C)c3C)CCO2)n[nH]1. The number of ether oxygens (including phenoxy) is 1. The van der Waals surface area contributed by atoms with E-state index >= 15 is 0 Å². The lowest BCUT2D eigenvalue weighted by molar-refractivity contribution is -0.0267. The molecule has 136 valence electrons. The van der Waals surface area contributed by atoms with Crippen molar-refractivity contribution in [2.24, 2.45) is 0 Å². The number of aryl methyl sites for hydroxylation is 2. The summed E-state index contributed by atoms with van der Waals surface area (Å²) >= 11 is 0. The van der Waals surface area contributed by atoms with Gasteiger partial charge in [-0.1, -0.05) is 6.92 Å². The first-order valence-corrected chi connectivity index (χ1v) is 8.92. The van der Waals surface area contributed by atoms with E-state index in [1.807, 2.05) is 31.7 Å². The minimum atomic E-state index is -0.275. The second-order valence-electron chi connectivity index (χ2n) is 6.85. The van der Waals surface area contributed by atoms with Gasteiger partial charge in [-0.15, -0.1) is 0 Å². The molecule has 0 aromatic carbocycles. The molecule has 1 fully saturated rings. The predicted molar refractivity (Wildman–Crippen MR) is 94.6 cm³/mol. The van der Waals surface area contributed by atoms with Crippen LogP contribution in [0.15, 0.2) is 6.07 Å². The monoisotopic (exact) mass is 345 g/mol. The number of hydrogen-bond donors (Lipinski definition) is 1. The van der Waals surface area contributed by atoms with Crippen LogP contribution in [0.1, 0.15) is 66.3 Å². The molecule has 25 heavy (non-hydrogen) atoms. The van der Waals surface area contributed by atoms with E-state index in [4.69, 9.17) is 4.74 Å². The molecule has 0 spiro atoms. The average molecular weight is 345 g/mol. The topological polar surface area (TPSA) is 76.0 Å². The van der Waals surface area contributed by atoms with E-state index in [0.717, 1.165) is 29.2 Å². The van der Waals surface area contributed by atoms with Crippen LogP contribution in [0.5, 0.6) is 0 Å². The molecule has 1 atom stereocenters. The summed E-state index contributed by atoms with van der Waals surface area (Å²) in [5, 5.41) is 7.15. The van der Waals surface area contributed by atoms with Gasteiger partial charge in [0.1, 0.15) is 11.9 Å². The van der Waals surface area contributed by atoms with Crippen molar-refractivity contribution in [3.8, 4) is 0 Å². The largest absolute Gasteiger partial charge is 0.366 e. The van der Waals surface area contributed by atoms with Gasteiger partial charge >= 0.3 is 0 Å². The highest BCUT2D eigenvalue weighted by Gasteiger charge is 2.30. The highest BCUT2D eigenvalue weighted by Crippen LogP contribution is 2.25. The normalized spacial score (nSPS) is 18.2. The van der Waals surface area contributed by atoms with Gasteiger partial charge in [-0.2, -0.15) is 5.10 Å². The summed E-state index contributed by atoms with van der Waals surface area (Å²) < 4.78 is 7.99. The first kappa shape index (κ1) is 17.7. The lowest BCUT2D eigenvalue weighted by atomic mass is 10.1. The summed E-state index contributed by atoms with van der Waals surface area (Å²) in [6.07, 6.45) is 0.520. The summed E-state index contributed by atoms with van der Waals surface area (Å²) in [5.41, 5.74) is 2.91. The summed E-state index contributed by atoms with van der Waals surface area (Å²) in [4.78, 5) is 19.3. The quantitative estimate of drug-likeness (QED) is 0.924. The molecule has 1 saturated heterocycles. The Morgan fingerprint density at radius 1 is 1.44 bits per heavy atom. The second kappa shape index (κ2) is 7.00. The smallest absolute Gasteiger partial charge is 0.255 e. The number of nitrogens with zero attached hydrogens (tertiary/aromatic N) is 4. The van der Waals surface area contributed by atoms with Crippen LogP contribution >= 0.6 is 0 Å². The number of aromatic nitrogens is 4. The van der Waals surface area contributed by atoms with Crippen LogP contribution in [-0.4, -0.2) is 50.3 Å². The van der Waals surface area contributed by atoms with Gasteiger partial charge in [-0.25, -0.2) is 4.98 Å². The number of carbonyl (C=O) groups excluding carboxylic acids is 1. The van der Waals surface area contributed by atoms with Crippen LogP contribution in [0, 0.1) is 13.8 Å². The number of nitrogens with one attached hydrogen (secondary N) is 1. The molecule has 1 N–H and O–H groups in total. The highest BCUT2D eigenvalue weighted by molar-refractivity contribution is 5.95. The van der Waals surface area contributed by atoms with Crippen LogP contribution < -0.4 is 0 Å². The van der Waals surface area contributed by atoms with Gasteiger partial charge in [0.25, 0.3) is 5.91 Å². The Morgan fingerprint density at radius 2 is 2.20 bits per heavy atom. The number of rotatable bonds is 4. The van der Waals surface area contributed by atoms with Gasteiger partial charge in [0.15, 0.2) is 5.82 Å². The minimum Gasteiger partial charge on any atom is -0.366 e. The zero-order chi connectivity index (χ0) is 18.1. The number of aromatic amines is 1. The van der Waals surface area contributed by atoms with Gasteiger partial charge in [-0.3, -0.25) is 9.89 Å². The third-order valence-electron chi connectivity index (χ3n) is 4.76. The van der Waals surface area contributed by atoms with E-state index in [1.165, 1.54) is 0 Å². The molecule has 7 heteroatoms. The highest BCUT2D eigenvalue weighted by atomic mass is 16.5. The van der Waals surface area contributed by atoms with Crippen LogP contribution in [-0.2, 0) is 11.2 Å². The molecule has 3 heterocycles. The molecule has 7 nitrogen and oxygen atoms in total. The van der Waals surface area contributed by atoms with Crippen LogP contribution in [0.4, 0.5) is 0 Å². The third kappa shape index (κ3) is 3.33. The van der Waals surface area contributed by atoms with Crippen LogP contribution in [0.3, 0.4) is 0 Å². The molecule has 0 radical (unpaired) electrons. The van der Waals surface area contributed by atoms with Crippen LogP contribution in [0.2, 0.25) is 0 Å². The molecule has 1 amide bonds. The fourth-order valence-corrected chi connectivity index (χ4v) is 3.56. The standard InChI is InChI=1S/C18H27N5O2/c1-6-16-19-17(21-20-16)15-10-22(7-8-25-15)18(24)14-9-12(4)23(11(2)3)13(14)5/h9,11,15H,6-8,10H2,1-5H3,(H,19,20,21)/t15-/m0/s1. The first-order valence-electron chi connectivity index (χ1n) is 8.92. The van der Waals surface area contributed by atoms with Crippen molar-refractivity contribution < 1.29 is 9.53 Å².